The molecule has 0 aliphatic carbocycles. The smallest absolute Gasteiger partial charge is 0.354 e. The summed E-state index contributed by atoms with van der Waals surface area (Å²) in [5.74, 6) is -2.82. The fourth-order valence-corrected chi connectivity index (χ4v) is 4.06. The van der Waals surface area contributed by atoms with E-state index in [1.54, 1.807) is 0 Å². The molecule has 2 aromatic rings. The van der Waals surface area contributed by atoms with Gasteiger partial charge in [-0.2, -0.15) is 13.2 Å². The number of carbonyl (C=O) groups excluding carboxylic acids is 2. The highest BCUT2D eigenvalue weighted by Crippen LogP contribution is 2.41. The SMILES string of the molecule is CC(C)(C)CNC(=O)CNC(=O)c1ccc(/C=C/C(c2cc(Cl)c(Cl)c(Cl)c2)C(F)(F)F)cc1Br. The Hall–Kier alpha value is -1.74. The van der Waals surface area contributed by atoms with E-state index < -0.39 is 18.0 Å². The molecular weight excluding hydrogens is 592 g/mol. The lowest BCUT2D eigenvalue weighted by molar-refractivity contribution is -0.139. The highest BCUT2D eigenvalue weighted by atomic mass is 79.9. The fourth-order valence-electron chi connectivity index (χ4n) is 2.87. The predicted octanol–water partition coefficient (Wildman–Crippen LogP) is 7.66. The van der Waals surface area contributed by atoms with Gasteiger partial charge in [0.2, 0.25) is 5.91 Å². The molecule has 1 atom stereocenters. The average molecular weight is 615 g/mol. The van der Waals surface area contributed by atoms with Crippen LogP contribution in [-0.2, 0) is 4.79 Å². The molecule has 0 heterocycles. The van der Waals surface area contributed by atoms with Crippen LogP contribution in [0.15, 0.2) is 40.9 Å². The van der Waals surface area contributed by atoms with Crippen molar-refractivity contribution in [2.75, 3.05) is 13.1 Å². The van der Waals surface area contributed by atoms with Crippen molar-refractivity contribution in [1.29, 1.82) is 0 Å². The van der Waals surface area contributed by atoms with Crippen molar-refractivity contribution in [2.24, 2.45) is 5.41 Å². The third kappa shape index (κ3) is 9.01. The molecule has 35 heavy (non-hydrogen) atoms. The quantitative estimate of drug-likeness (QED) is 0.315. The van der Waals surface area contributed by atoms with Crippen molar-refractivity contribution < 1.29 is 22.8 Å². The standard InChI is InChI=1S/C24H23BrCl3F3N2O2/c1-23(2,3)12-33-20(34)11-32-22(35)15-6-4-13(8-17(15)25)5-7-16(24(29,30)31)14-9-18(26)21(28)19(27)10-14/h4-10,16H,11-12H2,1-3H3,(H,32,35)(H,33,34)/b7-5+. The number of halogens is 7. The van der Waals surface area contributed by atoms with Crippen molar-refractivity contribution in [3.05, 3.63) is 72.6 Å². The molecule has 2 N–H and O–H groups in total. The molecule has 2 rings (SSSR count). The van der Waals surface area contributed by atoms with Crippen LogP contribution in [0.3, 0.4) is 0 Å². The lowest BCUT2D eigenvalue weighted by Gasteiger charge is -2.19. The van der Waals surface area contributed by atoms with Crippen molar-refractivity contribution in [1.82, 2.24) is 10.6 Å². The number of alkyl halides is 3. The van der Waals surface area contributed by atoms with Crippen LogP contribution in [0, 0.1) is 5.41 Å². The van der Waals surface area contributed by atoms with Crippen LogP contribution in [0.25, 0.3) is 6.08 Å². The number of benzene rings is 2. The number of allylic oxidation sites excluding steroid dienone is 1. The van der Waals surface area contributed by atoms with Crippen LogP contribution in [0.1, 0.15) is 48.2 Å². The van der Waals surface area contributed by atoms with Crippen molar-refractivity contribution in [3.8, 4) is 0 Å². The van der Waals surface area contributed by atoms with Crippen LogP contribution in [0.4, 0.5) is 13.2 Å². The lowest BCUT2D eigenvalue weighted by atomic mass is 9.97. The predicted molar refractivity (Wildman–Crippen MR) is 138 cm³/mol. The molecule has 4 nitrogen and oxygen atoms in total. The maximum atomic E-state index is 13.7. The Morgan fingerprint density at radius 3 is 2.14 bits per heavy atom. The first-order valence-corrected chi connectivity index (χ1v) is 12.2. The molecule has 11 heteroatoms. The zero-order chi connectivity index (χ0) is 26.6. The van der Waals surface area contributed by atoms with Crippen molar-refractivity contribution in [2.45, 2.75) is 32.9 Å². The summed E-state index contributed by atoms with van der Waals surface area (Å²) >= 11 is 20.9. The summed E-state index contributed by atoms with van der Waals surface area (Å²) in [5.41, 5.74) is 0.391. The maximum absolute atomic E-state index is 13.7. The van der Waals surface area contributed by atoms with Gasteiger partial charge in [0.15, 0.2) is 0 Å². The van der Waals surface area contributed by atoms with E-state index in [1.165, 1.54) is 24.3 Å². The summed E-state index contributed by atoms with van der Waals surface area (Å²) in [6.45, 7) is 6.16. The molecule has 0 saturated carbocycles. The van der Waals surface area contributed by atoms with Gasteiger partial charge in [0.25, 0.3) is 5.91 Å². The molecule has 0 fully saturated rings. The maximum Gasteiger partial charge on any atom is 0.399 e. The zero-order valence-electron chi connectivity index (χ0n) is 19.0. The lowest BCUT2D eigenvalue weighted by Crippen LogP contribution is -2.40. The number of hydrogen-bond donors (Lipinski definition) is 2. The average Bonchev–Trinajstić information content (AvgIpc) is 2.73. The van der Waals surface area contributed by atoms with Gasteiger partial charge in [0.05, 0.1) is 33.1 Å². The Morgan fingerprint density at radius 1 is 1.03 bits per heavy atom. The first kappa shape index (κ1) is 29.5. The summed E-state index contributed by atoms with van der Waals surface area (Å²) in [4.78, 5) is 24.3. The van der Waals surface area contributed by atoms with Crippen LogP contribution in [-0.4, -0.2) is 31.1 Å². The molecular formula is C24H23BrCl3F3N2O2. The van der Waals surface area contributed by atoms with Gasteiger partial charge in [-0.1, -0.05) is 73.8 Å². The molecule has 0 radical (unpaired) electrons. The van der Waals surface area contributed by atoms with Gasteiger partial charge in [0.1, 0.15) is 0 Å². The summed E-state index contributed by atoms with van der Waals surface area (Å²) in [7, 11) is 0. The summed E-state index contributed by atoms with van der Waals surface area (Å²) in [6.07, 6.45) is -2.36. The summed E-state index contributed by atoms with van der Waals surface area (Å²) < 4.78 is 41.5. The first-order valence-electron chi connectivity index (χ1n) is 10.3. The van der Waals surface area contributed by atoms with E-state index in [4.69, 9.17) is 34.8 Å². The topological polar surface area (TPSA) is 58.2 Å². The number of carbonyl (C=O) groups is 2. The molecule has 2 aromatic carbocycles. The van der Waals surface area contributed by atoms with Gasteiger partial charge in [-0.15, -0.1) is 0 Å². The van der Waals surface area contributed by atoms with Crippen molar-refractivity contribution >= 4 is 68.6 Å². The van der Waals surface area contributed by atoms with E-state index in [9.17, 15) is 22.8 Å². The van der Waals surface area contributed by atoms with Crippen LogP contribution in [0.2, 0.25) is 15.1 Å². The molecule has 0 aliphatic heterocycles. The van der Waals surface area contributed by atoms with Gasteiger partial charge in [0, 0.05) is 11.0 Å². The van der Waals surface area contributed by atoms with E-state index >= 15 is 0 Å². The highest BCUT2D eigenvalue weighted by Gasteiger charge is 2.39. The van der Waals surface area contributed by atoms with Gasteiger partial charge >= 0.3 is 6.18 Å². The largest absolute Gasteiger partial charge is 0.399 e. The van der Waals surface area contributed by atoms with E-state index in [0.717, 1.165) is 18.2 Å². The first-order chi connectivity index (χ1) is 16.1. The highest BCUT2D eigenvalue weighted by molar-refractivity contribution is 9.10. The normalized spacial score (nSPS) is 13.1. The van der Waals surface area contributed by atoms with Gasteiger partial charge < -0.3 is 10.6 Å². The molecule has 0 saturated heterocycles. The Bertz CT molecular complexity index is 1110. The van der Waals surface area contributed by atoms with Gasteiger partial charge in [-0.3, -0.25) is 9.59 Å². The van der Waals surface area contributed by atoms with E-state index in [2.05, 4.69) is 26.6 Å². The summed E-state index contributed by atoms with van der Waals surface area (Å²) in [5, 5.41) is 5.06. The zero-order valence-corrected chi connectivity index (χ0v) is 22.8. The van der Waals surface area contributed by atoms with E-state index in [0.29, 0.717) is 16.6 Å². The number of nitrogens with one attached hydrogen (secondary N) is 2. The molecule has 0 spiro atoms. The minimum absolute atomic E-state index is 0.0218. The monoisotopic (exact) mass is 612 g/mol. The van der Waals surface area contributed by atoms with Gasteiger partial charge in [-0.05, 0) is 56.7 Å². The second-order valence-corrected chi connectivity index (χ2v) is 11.0. The Kier molecular flexibility index (Phi) is 10.1. The molecule has 0 aromatic heterocycles. The Morgan fingerprint density at radius 2 is 1.63 bits per heavy atom. The van der Waals surface area contributed by atoms with Crippen LogP contribution < -0.4 is 10.6 Å². The Labute approximate surface area is 225 Å². The molecule has 1 unspecified atom stereocenters. The van der Waals surface area contributed by atoms with Gasteiger partial charge in [-0.25, -0.2) is 0 Å². The van der Waals surface area contributed by atoms with Crippen molar-refractivity contribution in [3.63, 3.8) is 0 Å². The molecule has 190 valence electrons. The number of rotatable bonds is 7. The fraction of sp³-hybridized carbons (Fsp3) is 0.333. The van der Waals surface area contributed by atoms with E-state index in [-0.39, 0.29) is 44.1 Å². The van der Waals surface area contributed by atoms with E-state index in [1.807, 2.05) is 20.8 Å². The Balaban J connectivity index is 2.15. The van der Waals surface area contributed by atoms with Crippen LogP contribution >= 0.6 is 50.7 Å². The number of amides is 2. The third-order valence-corrected chi connectivity index (χ3v) is 6.52. The second kappa shape index (κ2) is 12.0. The molecule has 0 bridgehead atoms. The minimum atomic E-state index is -4.61. The van der Waals surface area contributed by atoms with Crippen LogP contribution in [0.5, 0.6) is 0 Å². The molecule has 0 aliphatic rings. The second-order valence-electron chi connectivity index (χ2n) is 8.94. The minimum Gasteiger partial charge on any atom is -0.354 e. The number of hydrogen-bond acceptors (Lipinski definition) is 2. The summed E-state index contributed by atoms with van der Waals surface area (Å²) in [6, 6.07) is 6.69. The molecule has 2 amide bonds. The third-order valence-electron chi connectivity index (χ3n) is 4.66.